The first kappa shape index (κ1) is 13.3. The van der Waals surface area contributed by atoms with E-state index in [-0.39, 0.29) is 11.8 Å². The number of carbonyl (C=O) groups excluding carboxylic acids is 1. The van der Waals surface area contributed by atoms with Crippen LogP contribution in [0.25, 0.3) is 0 Å². The number of hydrogen-bond donors (Lipinski definition) is 1. The number of anilines is 1. The highest BCUT2D eigenvalue weighted by atomic mass is 16.1. The lowest BCUT2D eigenvalue weighted by Crippen LogP contribution is -2.44. The monoisotopic (exact) mass is 274 g/mol. The Hall–Kier alpha value is -1.65. The molecule has 0 aromatic carbocycles. The number of hydrogen-bond acceptors (Lipinski definition) is 4. The van der Waals surface area contributed by atoms with Crippen molar-refractivity contribution in [1.29, 1.82) is 0 Å². The molecule has 5 nitrogen and oxygen atoms in total. The molecule has 1 aromatic rings. The number of aromatic nitrogens is 2. The lowest BCUT2D eigenvalue weighted by atomic mass is 9.85. The van der Waals surface area contributed by atoms with Crippen LogP contribution in [-0.2, 0) is 4.79 Å². The summed E-state index contributed by atoms with van der Waals surface area (Å²) < 4.78 is 0. The van der Waals surface area contributed by atoms with Crippen molar-refractivity contribution in [1.82, 2.24) is 15.3 Å². The predicted octanol–water partition coefficient (Wildman–Crippen LogP) is 1.61. The normalized spacial score (nSPS) is 23.2. The van der Waals surface area contributed by atoms with E-state index in [4.69, 9.17) is 0 Å². The summed E-state index contributed by atoms with van der Waals surface area (Å²) in [5, 5.41) is 3.12. The van der Waals surface area contributed by atoms with Crippen molar-refractivity contribution in [2.24, 2.45) is 11.8 Å². The molecule has 2 heterocycles. The van der Waals surface area contributed by atoms with Crippen LogP contribution in [0.2, 0.25) is 0 Å². The SMILES string of the molecule is O=C(NCC1CCC1)[C@@H]1CCCN(c2cnccn2)C1. The van der Waals surface area contributed by atoms with Crippen LogP contribution >= 0.6 is 0 Å². The summed E-state index contributed by atoms with van der Waals surface area (Å²) in [5.74, 6) is 1.90. The third-order valence-corrected chi connectivity index (χ3v) is 4.46. The fourth-order valence-electron chi connectivity index (χ4n) is 2.94. The minimum Gasteiger partial charge on any atom is -0.356 e. The summed E-state index contributed by atoms with van der Waals surface area (Å²) in [6.07, 6.45) is 11.0. The minimum atomic E-state index is 0.0887. The summed E-state index contributed by atoms with van der Waals surface area (Å²) in [4.78, 5) is 22.8. The Bertz CT molecular complexity index is 446. The first-order valence-electron chi connectivity index (χ1n) is 7.61. The van der Waals surface area contributed by atoms with E-state index in [1.54, 1.807) is 18.6 Å². The Morgan fingerprint density at radius 1 is 1.30 bits per heavy atom. The average Bonchev–Trinajstić information content (AvgIpc) is 2.46. The molecule has 0 spiro atoms. The lowest BCUT2D eigenvalue weighted by molar-refractivity contribution is -0.125. The fourth-order valence-corrected chi connectivity index (χ4v) is 2.94. The van der Waals surface area contributed by atoms with Crippen molar-refractivity contribution in [2.45, 2.75) is 32.1 Å². The Balaban J connectivity index is 1.53. The number of nitrogens with one attached hydrogen (secondary N) is 1. The molecule has 1 saturated carbocycles. The zero-order valence-corrected chi connectivity index (χ0v) is 11.8. The van der Waals surface area contributed by atoms with Crippen LogP contribution < -0.4 is 10.2 Å². The second kappa shape index (κ2) is 6.20. The second-order valence-electron chi connectivity index (χ2n) is 5.89. The van der Waals surface area contributed by atoms with Gasteiger partial charge in [0.1, 0.15) is 5.82 Å². The van der Waals surface area contributed by atoms with E-state index >= 15 is 0 Å². The third kappa shape index (κ3) is 3.08. The quantitative estimate of drug-likeness (QED) is 0.906. The van der Waals surface area contributed by atoms with Gasteiger partial charge in [0.2, 0.25) is 5.91 Å². The van der Waals surface area contributed by atoms with Gasteiger partial charge in [-0.25, -0.2) is 4.98 Å². The Kier molecular flexibility index (Phi) is 4.14. The fraction of sp³-hybridized carbons (Fsp3) is 0.667. The van der Waals surface area contributed by atoms with E-state index in [9.17, 15) is 4.79 Å². The van der Waals surface area contributed by atoms with Gasteiger partial charge in [-0.1, -0.05) is 6.42 Å². The first-order chi connectivity index (χ1) is 9.83. The van der Waals surface area contributed by atoms with Crippen LogP contribution in [0.3, 0.4) is 0 Å². The zero-order valence-electron chi connectivity index (χ0n) is 11.8. The average molecular weight is 274 g/mol. The van der Waals surface area contributed by atoms with Crippen LogP contribution in [0.15, 0.2) is 18.6 Å². The Morgan fingerprint density at radius 2 is 2.20 bits per heavy atom. The van der Waals surface area contributed by atoms with Crippen LogP contribution in [0, 0.1) is 11.8 Å². The third-order valence-electron chi connectivity index (χ3n) is 4.46. The molecule has 0 unspecified atom stereocenters. The Labute approximate surface area is 119 Å². The maximum absolute atomic E-state index is 12.2. The van der Waals surface area contributed by atoms with Gasteiger partial charge >= 0.3 is 0 Å². The number of carbonyl (C=O) groups is 1. The van der Waals surface area contributed by atoms with Gasteiger partial charge < -0.3 is 10.2 Å². The highest BCUT2D eigenvalue weighted by Gasteiger charge is 2.27. The van der Waals surface area contributed by atoms with Gasteiger partial charge in [-0.2, -0.15) is 0 Å². The maximum atomic E-state index is 12.2. The molecule has 20 heavy (non-hydrogen) atoms. The van der Waals surface area contributed by atoms with Gasteiger partial charge in [-0.05, 0) is 31.6 Å². The molecule has 1 amide bonds. The first-order valence-corrected chi connectivity index (χ1v) is 7.61. The minimum absolute atomic E-state index is 0.0887. The standard InChI is InChI=1S/C15H22N4O/c20-15(18-9-12-3-1-4-12)13-5-2-8-19(11-13)14-10-16-6-7-17-14/h6-7,10,12-13H,1-5,8-9,11H2,(H,18,20)/t13-/m1/s1. The smallest absolute Gasteiger partial charge is 0.224 e. The molecule has 1 saturated heterocycles. The van der Waals surface area contributed by atoms with E-state index in [1.807, 2.05) is 0 Å². The van der Waals surface area contributed by atoms with Crippen molar-refractivity contribution < 1.29 is 4.79 Å². The molecule has 1 N–H and O–H groups in total. The van der Waals surface area contributed by atoms with Gasteiger partial charge in [-0.15, -0.1) is 0 Å². The lowest BCUT2D eigenvalue weighted by Gasteiger charge is -2.33. The van der Waals surface area contributed by atoms with E-state index in [0.717, 1.165) is 44.2 Å². The molecular weight excluding hydrogens is 252 g/mol. The molecule has 3 rings (SSSR count). The number of piperidine rings is 1. The van der Waals surface area contributed by atoms with Crippen molar-refractivity contribution in [3.05, 3.63) is 18.6 Å². The van der Waals surface area contributed by atoms with Crippen molar-refractivity contribution in [3.63, 3.8) is 0 Å². The number of nitrogens with zero attached hydrogens (tertiary/aromatic N) is 3. The molecule has 0 radical (unpaired) electrons. The van der Waals surface area contributed by atoms with Gasteiger partial charge in [0, 0.05) is 32.0 Å². The largest absolute Gasteiger partial charge is 0.356 e. The van der Waals surface area contributed by atoms with Crippen molar-refractivity contribution in [2.75, 3.05) is 24.5 Å². The summed E-state index contributed by atoms with van der Waals surface area (Å²) in [7, 11) is 0. The van der Waals surface area contributed by atoms with Crippen LogP contribution in [-0.4, -0.2) is 35.5 Å². The maximum Gasteiger partial charge on any atom is 0.224 e. The summed E-state index contributed by atoms with van der Waals surface area (Å²) >= 11 is 0. The molecule has 1 aliphatic heterocycles. The highest BCUT2D eigenvalue weighted by Crippen LogP contribution is 2.26. The molecule has 108 valence electrons. The molecular formula is C15H22N4O. The van der Waals surface area contributed by atoms with Crippen LogP contribution in [0.4, 0.5) is 5.82 Å². The molecule has 5 heteroatoms. The van der Waals surface area contributed by atoms with E-state index in [1.165, 1.54) is 19.3 Å². The van der Waals surface area contributed by atoms with Gasteiger partial charge in [-0.3, -0.25) is 9.78 Å². The topological polar surface area (TPSA) is 58.1 Å². The Morgan fingerprint density at radius 3 is 2.90 bits per heavy atom. The summed E-state index contributed by atoms with van der Waals surface area (Å²) in [6.45, 7) is 2.58. The van der Waals surface area contributed by atoms with E-state index < -0.39 is 0 Å². The zero-order chi connectivity index (χ0) is 13.8. The summed E-state index contributed by atoms with van der Waals surface area (Å²) in [6, 6.07) is 0. The number of rotatable bonds is 4. The van der Waals surface area contributed by atoms with Crippen LogP contribution in [0.1, 0.15) is 32.1 Å². The van der Waals surface area contributed by atoms with Gasteiger partial charge in [0.25, 0.3) is 0 Å². The highest BCUT2D eigenvalue weighted by molar-refractivity contribution is 5.79. The molecule has 2 aliphatic rings. The predicted molar refractivity (Wildman–Crippen MR) is 77.3 cm³/mol. The molecule has 2 fully saturated rings. The molecule has 1 aliphatic carbocycles. The van der Waals surface area contributed by atoms with E-state index in [0.29, 0.717) is 0 Å². The summed E-state index contributed by atoms with van der Waals surface area (Å²) in [5.41, 5.74) is 0. The van der Waals surface area contributed by atoms with E-state index in [2.05, 4.69) is 20.2 Å². The molecule has 1 atom stereocenters. The van der Waals surface area contributed by atoms with Crippen molar-refractivity contribution >= 4 is 11.7 Å². The van der Waals surface area contributed by atoms with Gasteiger partial charge in [0.05, 0.1) is 12.1 Å². The van der Waals surface area contributed by atoms with Gasteiger partial charge in [0.15, 0.2) is 0 Å². The molecule has 1 aromatic heterocycles. The second-order valence-corrected chi connectivity index (χ2v) is 5.89. The van der Waals surface area contributed by atoms with Crippen molar-refractivity contribution in [3.8, 4) is 0 Å². The van der Waals surface area contributed by atoms with Crippen LogP contribution in [0.5, 0.6) is 0 Å². The number of amides is 1. The molecule has 0 bridgehead atoms.